The van der Waals surface area contributed by atoms with Gasteiger partial charge in [0.15, 0.2) is 8.32 Å². The van der Waals surface area contributed by atoms with Crippen LogP contribution in [0.3, 0.4) is 0 Å². The van der Waals surface area contributed by atoms with Crippen molar-refractivity contribution < 1.29 is 4.43 Å². The normalized spacial score (nSPS) is 13.3. The summed E-state index contributed by atoms with van der Waals surface area (Å²) in [5, 5.41) is 0. The lowest BCUT2D eigenvalue weighted by Gasteiger charge is -2.30. The first-order valence-corrected chi connectivity index (χ1v) is 9.14. The molecule has 88 valence electrons. The first kappa shape index (κ1) is 13.2. The van der Waals surface area contributed by atoms with Crippen LogP contribution in [0.2, 0.25) is 19.6 Å². The van der Waals surface area contributed by atoms with Crippen LogP contribution in [0.25, 0.3) is 6.08 Å². The molecule has 1 aromatic carbocycles. The van der Waals surface area contributed by atoms with E-state index in [1.54, 1.807) is 0 Å². The molecule has 0 aromatic heterocycles. The predicted molar refractivity (Wildman–Crippen MR) is 74.0 cm³/mol. The fourth-order valence-corrected chi connectivity index (χ4v) is 3.33. The highest BCUT2D eigenvalue weighted by Gasteiger charge is 2.24. The molecule has 1 rings (SSSR count). The van der Waals surface area contributed by atoms with Gasteiger partial charge in [-0.15, -0.1) is 0 Å². The fourth-order valence-electron chi connectivity index (χ4n) is 1.68. The average molecular weight is 234 g/mol. The lowest BCUT2D eigenvalue weighted by atomic mass is 10.1. The molecule has 16 heavy (non-hydrogen) atoms. The van der Waals surface area contributed by atoms with Crippen molar-refractivity contribution in [2.75, 3.05) is 0 Å². The van der Waals surface area contributed by atoms with E-state index in [1.807, 2.05) is 18.2 Å². The quantitative estimate of drug-likeness (QED) is 0.705. The molecular formula is C14H22OSi. The Morgan fingerprint density at radius 1 is 1.06 bits per heavy atom. The lowest BCUT2D eigenvalue weighted by Crippen LogP contribution is -2.36. The van der Waals surface area contributed by atoms with E-state index < -0.39 is 8.32 Å². The molecule has 0 amide bonds. The molecule has 1 nitrogen and oxygen atoms in total. The molecule has 0 aliphatic heterocycles. The first-order valence-electron chi connectivity index (χ1n) is 5.73. The van der Waals surface area contributed by atoms with Gasteiger partial charge in [-0.3, -0.25) is 0 Å². The van der Waals surface area contributed by atoms with Crippen molar-refractivity contribution in [1.82, 2.24) is 0 Å². The van der Waals surface area contributed by atoms with Gasteiger partial charge in [0, 0.05) is 0 Å². The molecule has 0 saturated carbocycles. The van der Waals surface area contributed by atoms with Crippen molar-refractivity contribution in [2.45, 2.75) is 39.1 Å². The Balaban J connectivity index is 2.69. The van der Waals surface area contributed by atoms with E-state index in [-0.39, 0.29) is 5.60 Å². The smallest absolute Gasteiger partial charge is 0.184 e. The van der Waals surface area contributed by atoms with Crippen LogP contribution in [0.5, 0.6) is 0 Å². The van der Waals surface area contributed by atoms with Gasteiger partial charge in [-0.1, -0.05) is 42.5 Å². The summed E-state index contributed by atoms with van der Waals surface area (Å²) in [6, 6.07) is 10.3. The summed E-state index contributed by atoms with van der Waals surface area (Å²) < 4.78 is 6.10. The summed E-state index contributed by atoms with van der Waals surface area (Å²) in [6.07, 6.45) is 4.26. The van der Waals surface area contributed by atoms with Crippen LogP contribution in [-0.2, 0) is 4.43 Å². The van der Waals surface area contributed by atoms with E-state index >= 15 is 0 Å². The van der Waals surface area contributed by atoms with Crippen LogP contribution in [-0.4, -0.2) is 13.9 Å². The summed E-state index contributed by atoms with van der Waals surface area (Å²) >= 11 is 0. The number of benzene rings is 1. The van der Waals surface area contributed by atoms with Gasteiger partial charge in [0.25, 0.3) is 0 Å². The second-order valence-electron chi connectivity index (χ2n) is 5.56. The third kappa shape index (κ3) is 5.28. The van der Waals surface area contributed by atoms with E-state index in [4.69, 9.17) is 4.43 Å². The largest absolute Gasteiger partial charge is 0.409 e. The average Bonchev–Trinajstić information content (AvgIpc) is 2.13. The molecule has 0 atom stereocenters. The van der Waals surface area contributed by atoms with Gasteiger partial charge in [0.1, 0.15) is 0 Å². The molecule has 0 aliphatic carbocycles. The number of hydrogen-bond acceptors (Lipinski definition) is 1. The number of rotatable bonds is 4. The maximum absolute atomic E-state index is 6.10. The topological polar surface area (TPSA) is 9.23 Å². The van der Waals surface area contributed by atoms with Crippen LogP contribution < -0.4 is 0 Å². The minimum atomic E-state index is -1.48. The van der Waals surface area contributed by atoms with Crippen molar-refractivity contribution in [2.24, 2.45) is 0 Å². The highest BCUT2D eigenvalue weighted by atomic mass is 28.4. The number of hydrogen-bond donors (Lipinski definition) is 0. The highest BCUT2D eigenvalue weighted by molar-refractivity contribution is 6.69. The standard InChI is InChI=1S/C14H22OSi/c1-14(2,15-16(3,4)5)12-11-13-9-7-6-8-10-13/h6-12H,1-5H3/b12-11+. The lowest BCUT2D eigenvalue weighted by molar-refractivity contribution is 0.155. The Labute approximate surface area is 100 Å². The minimum Gasteiger partial charge on any atom is -0.409 e. The van der Waals surface area contributed by atoms with Crippen molar-refractivity contribution in [3.63, 3.8) is 0 Å². The van der Waals surface area contributed by atoms with Gasteiger partial charge in [0.05, 0.1) is 5.60 Å². The summed E-state index contributed by atoms with van der Waals surface area (Å²) in [5.74, 6) is 0. The maximum atomic E-state index is 6.10. The van der Waals surface area contributed by atoms with Crippen molar-refractivity contribution >= 4 is 14.4 Å². The zero-order valence-corrected chi connectivity index (χ0v) is 11.9. The molecule has 1 aromatic rings. The Bertz CT molecular complexity index is 347. The van der Waals surface area contributed by atoms with E-state index in [2.05, 4.69) is 57.8 Å². The third-order valence-corrected chi connectivity index (χ3v) is 3.18. The molecule has 2 heteroatoms. The predicted octanol–water partition coefficient (Wildman–Crippen LogP) is 4.33. The van der Waals surface area contributed by atoms with Gasteiger partial charge in [0.2, 0.25) is 0 Å². The monoisotopic (exact) mass is 234 g/mol. The van der Waals surface area contributed by atoms with Crippen LogP contribution >= 0.6 is 0 Å². The van der Waals surface area contributed by atoms with Gasteiger partial charge in [-0.05, 0) is 39.1 Å². The van der Waals surface area contributed by atoms with E-state index in [0.717, 1.165) is 0 Å². The second kappa shape index (κ2) is 4.98. The van der Waals surface area contributed by atoms with Gasteiger partial charge in [-0.2, -0.15) is 0 Å². The zero-order chi connectivity index (χ0) is 12.2. The van der Waals surface area contributed by atoms with Crippen LogP contribution in [0, 0.1) is 0 Å². The molecule has 0 saturated heterocycles. The Morgan fingerprint density at radius 2 is 1.62 bits per heavy atom. The first-order chi connectivity index (χ1) is 7.29. The molecular weight excluding hydrogens is 212 g/mol. The SMILES string of the molecule is CC(C)(/C=C/c1ccccc1)O[Si](C)(C)C. The Hall–Kier alpha value is -0.863. The van der Waals surface area contributed by atoms with Gasteiger partial charge >= 0.3 is 0 Å². The summed E-state index contributed by atoms with van der Waals surface area (Å²) in [7, 11) is -1.48. The van der Waals surface area contributed by atoms with Crippen LogP contribution in [0.1, 0.15) is 19.4 Å². The van der Waals surface area contributed by atoms with Crippen molar-refractivity contribution in [3.8, 4) is 0 Å². The minimum absolute atomic E-state index is 0.180. The Kier molecular flexibility index (Phi) is 4.11. The van der Waals surface area contributed by atoms with E-state index in [1.165, 1.54) is 5.56 Å². The van der Waals surface area contributed by atoms with Gasteiger partial charge in [-0.25, -0.2) is 0 Å². The summed E-state index contributed by atoms with van der Waals surface area (Å²) in [5.41, 5.74) is 1.04. The fraction of sp³-hybridized carbons (Fsp3) is 0.429. The molecule has 0 aliphatic rings. The molecule has 0 radical (unpaired) electrons. The van der Waals surface area contributed by atoms with E-state index in [9.17, 15) is 0 Å². The highest BCUT2D eigenvalue weighted by Crippen LogP contribution is 2.19. The second-order valence-corrected chi connectivity index (χ2v) is 9.99. The van der Waals surface area contributed by atoms with Gasteiger partial charge < -0.3 is 4.43 Å². The molecule has 0 fully saturated rings. The third-order valence-electron chi connectivity index (χ3n) is 2.05. The van der Waals surface area contributed by atoms with E-state index in [0.29, 0.717) is 0 Å². The maximum Gasteiger partial charge on any atom is 0.184 e. The van der Waals surface area contributed by atoms with Crippen molar-refractivity contribution in [3.05, 3.63) is 42.0 Å². The zero-order valence-electron chi connectivity index (χ0n) is 10.9. The summed E-state index contributed by atoms with van der Waals surface area (Å²) in [4.78, 5) is 0. The molecule has 0 unspecified atom stereocenters. The molecule has 0 heterocycles. The molecule has 0 bridgehead atoms. The molecule has 0 spiro atoms. The van der Waals surface area contributed by atoms with Crippen molar-refractivity contribution in [1.29, 1.82) is 0 Å². The van der Waals surface area contributed by atoms with Crippen LogP contribution in [0.15, 0.2) is 36.4 Å². The summed E-state index contributed by atoms with van der Waals surface area (Å²) in [6.45, 7) is 10.9. The molecule has 0 N–H and O–H groups in total. The van der Waals surface area contributed by atoms with Crippen LogP contribution in [0.4, 0.5) is 0 Å². The Morgan fingerprint density at radius 3 is 2.12 bits per heavy atom.